The fraction of sp³-hybridized carbons (Fsp3) is 0.526. The first-order chi connectivity index (χ1) is 9.86. The summed E-state index contributed by atoms with van der Waals surface area (Å²) in [6.07, 6.45) is 25.1. The van der Waals surface area contributed by atoms with Gasteiger partial charge in [0.2, 0.25) is 0 Å². The normalized spacial score (nSPS) is 30.7. The van der Waals surface area contributed by atoms with Gasteiger partial charge in [-0.25, -0.2) is 12.2 Å². The molecule has 3 aliphatic carbocycles. The second kappa shape index (κ2) is 11.3. The summed E-state index contributed by atoms with van der Waals surface area (Å²) in [5.41, 5.74) is 1.02. The smallest absolute Gasteiger partial charge is 1.00 e. The Hall–Kier alpha value is 0.640. The van der Waals surface area contributed by atoms with E-state index in [2.05, 4.69) is 49.8 Å². The van der Waals surface area contributed by atoms with Crippen molar-refractivity contribution in [3.05, 3.63) is 55.0 Å². The van der Waals surface area contributed by atoms with Gasteiger partial charge < -0.3 is 31.2 Å². The van der Waals surface area contributed by atoms with Gasteiger partial charge in [0.25, 0.3) is 0 Å². The summed E-state index contributed by atoms with van der Waals surface area (Å²) in [6, 6.07) is 4.76. The molecule has 0 nitrogen and oxygen atoms in total. The maximum Gasteiger partial charge on any atom is 4.00 e. The standard InChI is InChI=1S/C14H21Si.C5H5.2ClH.Zr/c1-2-15(10-5-11-15)14-9-8-12-6-3-4-7-13(12)14;1-2-4-5-3-1;;;/h3-4,6-7,9,12-14H,2,5,8,10-11H2,1H3;1-3H,4H2;2*1H;/q2*-1;;;+4/p-2. The molecular formula is C19H26Cl2SiZr. The maximum absolute atomic E-state index is 2.99. The van der Waals surface area contributed by atoms with E-state index in [1.54, 1.807) is 12.1 Å². The molecule has 0 aromatic carbocycles. The summed E-state index contributed by atoms with van der Waals surface area (Å²) in [5.74, 6) is 1.75. The van der Waals surface area contributed by atoms with E-state index in [4.69, 9.17) is 0 Å². The predicted octanol–water partition coefficient (Wildman–Crippen LogP) is -0.493. The molecule has 23 heavy (non-hydrogen) atoms. The number of allylic oxidation sites excluding steroid dienone is 8. The first-order valence-corrected chi connectivity index (χ1v) is 11.0. The van der Waals surface area contributed by atoms with E-state index in [-0.39, 0.29) is 51.0 Å². The molecule has 124 valence electrons. The molecule has 1 saturated carbocycles. The minimum Gasteiger partial charge on any atom is -1.00 e. The van der Waals surface area contributed by atoms with E-state index in [9.17, 15) is 0 Å². The van der Waals surface area contributed by atoms with Crippen LogP contribution in [-0.4, -0.2) is 8.07 Å². The maximum atomic E-state index is 2.99. The number of halogens is 2. The van der Waals surface area contributed by atoms with Crippen LogP contribution in [-0.2, 0) is 26.2 Å². The van der Waals surface area contributed by atoms with Crippen LogP contribution in [0.5, 0.6) is 0 Å². The molecule has 4 aliphatic rings. The fourth-order valence-electron chi connectivity index (χ4n) is 4.30. The van der Waals surface area contributed by atoms with Gasteiger partial charge in [0.05, 0.1) is 0 Å². The van der Waals surface area contributed by atoms with E-state index in [0.29, 0.717) is 0 Å². The fourth-order valence-corrected chi connectivity index (χ4v) is 9.22. The van der Waals surface area contributed by atoms with Crippen LogP contribution in [0.2, 0.25) is 23.7 Å². The van der Waals surface area contributed by atoms with Crippen molar-refractivity contribution in [3.8, 4) is 0 Å². The molecule has 4 heteroatoms. The summed E-state index contributed by atoms with van der Waals surface area (Å²) in [6.45, 7) is 2.45. The van der Waals surface area contributed by atoms with Gasteiger partial charge in [0, 0.05) is 8.07 Å². The largest absolute Gasteiger partial charge is 4.00 e. The van der Waals surface area contributed by atoms with Crippen molar-refractivity contribution in [1.82, 2.24) is 0 Å². The minimum atomic E-state index is -0.833. The van der Waals surface area contributed by atoms with Crippen LogP contribution >= 0.6 is 0 Å². The molecule has 0 radical (unpaired) electrons. The Labute approximate surface area is 174 Å². The van der Waals surface area contributed by atoms with Gasteiger partial charge >= 0.3 is 26.2 Å². The third kappa shape index (κ3) is 5.30. The number of hydrogen-bond acceptors (Lipinski definition) is 0. The Kier molecular flexibility index (Phi) is 11.6. The Balaban J connectivity index is 0.000000529. The monoisotopic (exact) mass is 442 g/mol. The Morgan fingerprint density at radius 3 is 2.35 bits per heavy atom. The molecule has 4 rings (SSSR count). The second-order valence-electron chi connectivity index (χ2n) is 6.58. The molecule has 0 amide bonds. The van der Waals surface area contributed by atoms with Gasteiger partial charge in [-0.15, -0.1) is 6.42 Å². The third-order valence-corrected chi connectivity index (χ3v) is 11.9. The van der Waals surface area contributed by atoms with Crippen molar-refractivity contribution in [2.45, 2.75) is 49.9 Å². The molecule has 2 fully saturated rings. The molecule has 1 aliphatic heterocycles. The predicted molar refractivity (Wildman–Crippen MR) is 90.0 cm³/mol. The van der Waals surface area contributed by atoms with E-state index < -0.39 is 8.07 Å². The van der Waals surface area contributed by atoms with Gasteiger partial charge in [0.15, 0.2) is 0 Å². The van der Waals surface area contributed by atoms with Gasteiger partial charge in [-0.3, -0.25) is 6.08 Å². The Morgan fingerprint density at radius 1 is 1.13 bits per heavy atom. The van der Waals surface area contributed by atoms with Crippen molar-refractivity contribution < 1.29 is 51.0 Å². The van der Waals surface area contributed by atoms with Crippen LogP contribution in [0.1, 0.15) is 26.2 Å². The minimum absolute atomic E-state index is 0. The zero-order valence-corrected chi connectivity index (χ0v) is 18.8. The molecule has 1 saturated heterocycles. The first kappa shape index (κ1) is 23.6. The number of rotatable bonds is 2. The van der Waals surface area contributed by atoms with Crippen LogP contribution in [0.3, 0.4) is 0 Å². The Morgan fingerprint density at radius 2 is 1.87 bits per heavy atom. The summed E-state index contributed by atoms with van der Waals surface area (Å²) in [5, 5.41) is 0. The molecule has 0 N–H and O–H groups in total. The summed E-state index contributed by atoms with van der Waals surface area (Å²) >= 11 is 0. The van der Waals surface area contributed by atoms with E-state index >= 15 is 0 Å². The van der Waals surface area contributed by atoms with Gasteiger partial charge in [-0.1, -0.05) is 55.8 Å². The molecule has 0 aromatic heterocycles. The summed E-state index contributed by atoms with van der Waals surface area (Å²) < 4.78 is 0. The van der Waals surface area contributed by atoms with Crippen molar-refractivity contribution in [1.29, 1.82) is 0 Å². The van der Waals surface area contributed by atoms with Crippen molar-refractivity contribution >= 4 is 8.07 Å². The van der Waals surface area contributed by atoms with E-state index in [1.807, 2.05) is 12.2 Å². The summed E-state index contributed by atoms with van der Waals surface area (Å²) in [7, 11) is -0.833. The van der Waals surface area contributed by atoms with Gasteiger partial charge in [-0.05, 0) is 11.8 Å². The zero-order chi connectivity index (χ0) is 13.8. The zero-order valence-electron chi connectivity index (χ0n) is 13.8. The Bertz CT molecular complexity index is 437. The summed E-state index contributed by atoms with van der Waals surface area (Å²) in [4.78, 5) is 0. The average molecular weight is 445 g/mol. The topological polar surface area (TPSA) is 0 Å². The van der Waals surface area contributed by atoms with Crippen LogP contribution in [0.15, 0.2) is 42.5 Å². The van der Waals surface area contributed by atoms with Crippen LogP contribution in [0.4, 0.5) is 0 Å². The van der Waals surface area contributed by atoms with Crippen LogP contribution in [0, 0.1) is 24.3 Å². The molecule has 3 atom stereocenters. The first-order valence-electron chi connectivity index (χ1n) is 8.26. The molecule has 0 bridgehead atoms. The van der Waals surface area contributed by atoms with Crippen LogP contribution < -0.4 is 24.8 Å². The quantitative estimate of drug-likeness (QED) is 0.398. The SMILES string of the molecule is CC[Si]1(C2[CH-]CC3C=CC=CC32)CCC1.[C-]1=CC=CC1.[Cl-].[Cl-].[Zr+4]. The number of fused-ring (bicyclic) bond motifs is 1. The second-order valence-corrected chi connectivity index (χ2v) is 11.7. The van der Waals surface area contributed by atoms with Crippen LogP contribution in [0.25, 0.3) is 0 Å². The van der Waals surface area contributed by atoms with E-state index in [0.717, 1.165) is 23.8 Å². The van der Waals surface area contributed by atoms with Gasteiger partial charge in [-0.2, -0.15) is 18.0 Å². The van der Waals surface area contributed by atoms with Crippen molar-refractivity contribution in [2.75, 3.05) is 0 Å². The molecule has 1 heterocycles. The molecular weight excluding hydrogens is 418 g/mol. The van der Waals surface area contributed by atoms with E-state index in [1.165, 1.54) is 18.9 Å². The van der Waals surface area contributed by atoms with Gasteiger partial charge in [0.1, 0.15) is 0 Å². The molecule has 3 unspecified atom stereocenters. The average Bonchev–Trinajstić information content (AvgIpc) is 3.11. The third-order valence-electron chi connectivity index (χ3n) is 5.72. The molecule has 0 spiro atoms. The van der Waals surface area contributed by atoms with Crippen molar-refractivity contribution in [3.63, 3.8) is 0 Å². The van der Waals surface area contributed by atoms with Crippen molar-refractivity contribution in [2.24, 2.45) is 11.8 Å². The number of hydrogen-bond donors (Lipinski definition) is 0. The molecule has 0 aromatic rings.